The van der Waals surface area contributed by atoms with Gasteiger partial charge in [0.25, 0.3) is 5.91 Å². The third kappa shape index (κ3) is 3.53. The first kappa shape index (κ1) is 19.0. The Balaban J connectivity index is 1.20. The SMILES string of the molecule is O=C(NO)c1cnc(N2CCC3(CCN(Cc4coc5ccccc45)C3)CC2)nc1. The Bertz CT molecular complexity index is 1040. The summed E-state index contributed by atoms with van der Waals surface area (Å²) >= 11 is 0. The van der Waals surface area contributed by atoms with Gasteiger partial charge in [0, 0.05) is 49.5 Å². The Labute approximate surface area is 174 Å². The van der Waals surface area contributed by atoms with Gasteiger partial charge in [-0.05, 0) is 37.3 Å². The van der Waals surface area contributed by atoms with E-state index < -0.39 is 5.91 Å². The zero-order valence-corrected chi connectivity index (χ0v) is 16.8. The summed E-state index contributed by atoms with van der Waals surface area (Å²) in [6, 6.07) is 8.22. The van der Waals surface area contributed by atoms with Crippen LogP contribution in [0.25, 0.3) is 11.0 Å². The molecule has 1 aromatic carbocycles. The summed E-state index contributed by atoms with van der Waals surface area (Å²) in [6.07, 6.45) is 8.23. The first-order chi connectivity index (χ1) is 14.7. The Morgan fingerprint density at radius 1 is 1.13 bits per heavy atom. The number of hydroxylamine groups is 1. The maximum Gasteiger partial charge on any atom is 0.277 e. The molecule has 2 fully saturated rings. The number of aromatic nitrogens is 2. The minimum Gasteiger partial charge on any atom is -0.464 e. The van der Waals surface area contributed by atoms with Crippen LogP contribution in [0.4, 0.5) is 5.95 Å². The van der Waals surface area contributed by atoms with E-state index in [2.05, 4.69) is 31.9 Å². The van der Waals surface area contributed by atoms with Crippen LogP contribution in [0.2, 0.25) is 0 Å². The lowest BCUT2D eigenvalue weighted by atomic mass is 9.78. The average Bonchev–Trinajstić information content (AvgIpc) is 3.38. The third-order valence-corrected chi connectivity index (χ3v) is 6.58. The molecule has 2 saturated heterocycles. The van der Waals surface area contributed by atoms with Gasteiger partial charge in [-0.1, -0.05) is 18.2 Å². The highest BCUT2D eigenvalue weighted by Gasteiger charge is 2.41. The highest BCUT2D eigenvalue weighted by atomic mass is 16.5. The van der Waals surface area contributed by atoms with E-state index in [0.717, 1.165) is 51.1 Å². The lowest BCUT2D eigenvalue weighted by Crippen LogP contribution is -2.42. The fourth-order valence-corrected chi connectivity index (χ4v) is 4.81. The fourth-order valence-electron chi connectivity index (χ4n) is 4.81. The van der Waals surface area contributed by atoms with E-state index in [9.17, 15) is 4.79 Å². The Hall–Kier alpha value is -2.97. The Kier molecular flexibility index (Phi) is 4.88. The van der Waals surface area contributed by atoms with Crippen molar-refractivity contribution in [1.82, 2.24) is 20.3 Å². The molecule has 1 spiro atoms. The number of hydrogen-bond acceptors (Lipinski definition) is 7. The molecule has 156 valence electrons. The predicted octanol–water partition coefficient (Wildman–Crippen LogP) is 2.83. The van der Waals surface area contributed by atoms with Crippen molar-refractivity contribution in [2.24, 2.45) is 5.41 Å². The van der Waals surface area contributed by atoms with E-state index in [1.165, 1.54) is 29.8 Å². The molecule has 0 atom stereocenters. The number of fused-ring (bicyclic) bond motifs is 1. The number of benzene rings is 1. The number of amides is 1. The summed E-state index contributed by atoms with van der Waals surface area (Å²) in [4.78, 5) is 24.8. The maximum atomic E-state index is 11.4. The second-order valence-electron chi connectivity index (χ2n) is 8.42. The molecular weight excluding hydrogens is 382 g/mol. The molecule has 1 amide bonds. The smallest absolute Gasteiger partial charge is 0.277 e. The number of hydrogen-bond donors (Lipinski definition) is 2. The number of carbonyl (C=O) groups is 1. The maximum absolute atomic E-state index is 11.4. The number of piperidine rings is 1. The highest BCUT2D eigenvalue weighted by Crippen LogP contribution is 2.41. The predicted molar refractivity (Wildman–Crippen MR) is 111 cm³/mol. The molecule has 2 aliphatic rings. The second kappa shape index (κ2) is 7.70. The van der Waals surface area contributed by atoms with Gasteiger partial charge in [0.1, 0.15) is 5.58 Å². The van der Waals surface area contributed by atoms with Crippen LogP contribution in [0.5, 0.6) is 0 Å². The molecule has 2 aliphatic heterocycles. The van der Waals surface area contributed by atoms with Crippen molar-refractivity contribution in [2.75, 3.05) is 31.1 Å². The highest BCUT2D eigenvalue weighted by molar-refractivity contribution is 5.92. The molecule has 0 bridgehead atoms. The van der Waals surface area contributed by atoms with Crippen molar-refractivity contribution in [3.05, 3.63) is 54.0 Å². The van der Waals surface area contributed by atoms with Crippen molar-refractivity contribution in [1.29, 1.82) is 0 Å². The van der Waals surface area contributed by atoms with Crippen molar-refractivity contribution < 1.29 is 14.4 Å². The Morgan fingerprint density at radius 3 is 2.63 bits per heavy atom. The van der Waals surface area contributed by atoms with Crippen LogP contribution in [-0.2, 0) is 6.54 Å². The number of likely N-dealkylation sites (tertiary alicyclic amines) is 1. The summed E-state index contributed by atoms with van der Waals surface area (Å²) in [5.41, 5.74) is 4.42. The van der Waals surface area contributed by atoms with Gasteiger partial charge in [-0.2, -0.15) is 0 Å². The normalized spacial score (nSPS) is 18.9. The quantitative estimate of drug-likeness (QED) is 0.507. The van der Waals surface area contributed by atoms with Crippen molar-refractivity contribution in [2.45, 2.75) is 25.8 Å². The summed E-state index contributed by atoms with van der Waals surface area (Å²) in [5.74, 6) is 0.0367. The molecule has 0 unspecified atom stereocenters. The van der Waals surface area contributed by atoms with Crippen LogP contribution in [0.3, 0.4) is 0 Å². The number of anilines is 1. The molecule has 8 heteroatoms. The van der Waals surface area contributed by atoms with Gasteiger partial charge in [-0.3, -0.25) is 14.9 Å². The number of rotatable bonds is 4. The third-order valence-electron chi connectivity index (χ3n) is 6.58. The first-order valence-corrected chi connectivity index (χ1v) is 10.3. The van der Waals surface area contributed by atoms with E-state index in [-0.39, 0.29) is 5.56 Å². The van der Waals surface area contributed by atoms with Gasteiger partial charge >= 0.3 is 0 Å². The standard InChI is InChI=1S/C22H25N5O3/c28-20(25-29)16-11-23-21(24-12-16)27-9-6-22(7-10-27)5-8-26(15-22)13-17-14-30-19-4-2-1-3-18(17)19/h1-4,11-12,14,29H,5-10,13,15H2,(H,25,28). The molecule has 8 nitrogen and oxygen atoms in total. The van der Waals surface area contributed by atoms with Crippen LogP contribution in [0, 0.1) is 5.41 Å². The van der Waals surface area contributed by atoms with E-state index in [0.29, 0.717) is 11.4 Å². The molecule has 30 heavy (non-hydrogen) atoms. The summed E-state index contributed by atoms with van der Waals surface area (Å²) < 4.78 is 5.70. The van der Waals surface area contributed by atoms with E-state index in [4.69, 9.17) is 9.62 Å². The van der Waals surface area contributed by atoms with Crippen LogP contribution in [0.1, 0.15) is 35.2 Å². The molecule has 5 rings (SSSR count). The van der Waals surface area contributed by atoms with Crippen LogP contribution >= 0.6 is 0 Å². The van der Waals surface area contributed by atoms with Gasteiger partial charge in [0.15, 0.2) is 0 Å². The van der Waals surface area contributed by atoms with E-state index >= 15 is 0 Å². The van der Waals surface area contributed by atoms with Crippen molar-refractivity contribution in [3.63, 3.8) is 0 Å². The van der Waals surface area contributed by atoms with E-state index in [1.807, 2.05) is 18.4 Å². The lowest BCUT2D eigenvalue weighted by Gasteiger charge is -2.39. The zero-order valence-electron chi connectivity index (χ0n) is 16.8. The largest absolute Gasteiger partial charge is 0.464 e. The summed E-state index contributed by atoms with van der Waals surface area (Å²) in [5, 5.41) is 9.92. The molecule has 3 aromatic rings. The molecule has 2 N–H and O–H groups in total. The van der Waals surface area contributed by atoms with Crippen molar-refractivity contribution in [3.8, 4) is 0 Å². The number of nitrogens with one attached hydrogen (secondary N) is 1. The van der Waals surface area contributed by atoms with Crippen LogP contribution < -0.4 is 10.4 Å². The second-order valence-corrected chi connectivity index (χ2v) is 8.42. The molecule has 4 heterocycles. The summed E-state index contributed by atoms with van der Waals surface area (Å²) in [7, 11) is 0. The number of furan rings is 1. The zero-order chi connectivity index (χ0) is 20.6. The van der Waals surface area contributed by atoms with E-state index in [1.54, 1.807) is 5.48 Å². The minimum absolute atomic E-state index is 0.243. The van der Waals surface area contributed by atoms with Crippen molar-refractivity contribution >= 4 is 22.8 Å². The van der Waals surface area contributed by atoms with Gasteiger partial charge in [-0.15, -0.1) is 0 Å². The van der Waals surface area contributed by atoms with Crippen LogP contribution in [-0.4, -0.2) is 52.2 Å². The van der Waals surface area contributed by atoms with Gasteiger partial charge in [0.2, 0.25) is 5.95 Å². The monoisotopic (exact) mass is 407 g/mol. The van der Waals surface area contributed by atoms with Gasteiger partial charge in [-0.25, -0.2) is 15.4 Å². The average molecular weight is 407 g/mol. The van der Waals surface area contributed by atoms with Gasteiger partial charge < -0.3 is 9.32 Å². The molecular formula is C22H25N5O3. The first-order valence-electron chi connectivity index (χ1n) is 10.3. The fraction of sp³-hybridized carbons (Fsp3) is 0.409. The number of carbonyl (C=O) groups excluding carboxylic acids is 1. The Morgan fingerprint density at radius 2 is 1.87 bits per heavy atom. The van der Waals surface area contributed by atoms with Crippen LogP contribution in [0.15, 0.2) is 47.3 Å². The minimum atomic E-state index is -0.601. The van der Waals surface area contributed by atoms with Gasteiger partial charge in [0.05, 0.1) is 11.8 Å². The molecule has 2 aromatic heterocycles. The lowest BCUT2D eigenvalue weighted by molar-refractivity contribution is 0.0705. The molecule has 0 aliphatic carbocycles. The topological polar surface area (TPSA) is 94.7 Å². The summed E-state index contributed by atoms with van der Waals surface area (Å²) in [6.45, 7) is 4.97. The molecule has 0 saturated carbocycles. The molecule has 0 radical (unpaired) electrons. The number of nitrogens with zero attached hydrogens (tertiary/aromatic N) is 4. The number of para-hydroxylation sites is 1.